The van der Waals surface area contributed by atoms with Crippen LogP contribution in [0.2, 0.25) is 0 Å². The van der Waals surface area contributed by atoms with Gasteiger partial charge in [0.15, 0.2) is 0 Å². The minimum Gasteiger partial charge on any atom is -0.387 e. The Morgan fingerprint density at radius 1 is 1.04 bits per heavy atom. The molecule has 0 aromatic heterocycles. The molecule has 3 heteroatoms. The van der Waals surface area contributed by atoms with Gasteiger partial charge in [-0.3, -0.25) is 4.90 Å². The highest BCUT2D eigenvalue weighted by atomic mass is 16.5. The summed E-state index contributed by atoms with van der Waals surface area (Å²) in [6.07, 6.45) is 4.08. The van der Waals surface area contributed by atoms with E-state index in [1.807, 2.05) is 30.3 Å². The average Bonchev–Trinajstić information content (AvgIpc) is 2.68. The van der Waals surface area contributed by atoms with E-state index in [0.29, 0.717) is 6.61 Å². The molecule has 0 aliphatic carbocycles. The summed E-state index contributed by atoms with van der Waals surface area (Å²) in [5.74, 6) is 0. The molecule has 0 spiro atoms. The van der Waals surface area contributed by atoms with Gasteiger partial charge in [0.05, 0.1) is 12.7 Å². The predicted molar refractivity (Wildman–Crippen MR) is 101 cm³/mol. The summed E-state index contributed by atoms with van der Waals surface area (Å²) in [6, 6.07) is 18.8. The molecule has 2 atom stereocenters. The predicted octanol–water partition coefficient (Wildman–Crippen LogP) is 3.96. The van der Waals surface area contributed by atoms with E-state index in [1.165, 1.54) is 24.0 Å². The van der Waals surface area contributed by atoms with Crippen molar-refractivity contribution < 1.29 is 9.84 Å². The van der Waals surface area contributed by atoms with Gasteiger partial charge < -0.3 is 9.84 Å². The number of nitrogens with zero attached hydrogens (tertiary/aromatic N) is 1. The van der Waals surface area contributed by atoms with E-state index in [2.05, 4.69) is 29.2 Å². The molecule has 2 aromatic rings. The molecule has 2 aromatic carbocycles. The first kappa shape index (κ1) is 18.1. The topological polar surface area (TPSA) is 32.7 Å². The fourth-order valence-electron chi connectivity index (χ4n) is 3.89. The Hall–Kier alpha value is -1.68. The molecular formula is C22H29NO2. The number of aliphatic hydroxyl groups excluding tert-OH is 1. The summed E-state index contributed by atoms with van der Waals surface area (Å²) in [7, 11) is 1.74. The van der Waals surface area contributed by atoms with Gasteiger partial charge in [-0.2, -0.15) is 0 Å². The lowest BCUT2D eigenvalue weighted by Crippen LogP contribution is -2.44. The summed E-state index contributed by atoms with van der Waals surface area (Å²) in [6.45, 7) is 2.71. The second-order valence-electron chi connectivity index (χ2n) is 6.91. The van der Waals surface area contributed by atoms with Crippen LogP contribution in [0.1, 0.15) is 42.1 Å². The number of rotatable bonds is 7. The van der Waals surface area contributed by atoms with Gasteiger partial charge >= 0.3 is 0 Å². The molecule has 1 N–H and O–H groups in total. The molecule has 0 saturated carbocycles. The fourth-order valence-corrected chi connectivity index (χ4v) is 3.89. The summed E-state index contributed by atoms with van der Waals surface area (Å²) in [5, 5.41) is 10.9. The monoisotopic (exact) mass is 339 g/mol. The molecule has 3 nitrogen and oxygen atoms in total. The Bertz CT molecular complexity index is 643. The fraction of sp³-hybridized carbons (Fsp3) is 0.455. The average molecular weight is 339 g/mol. The summed E-state index contributed by atoms with van der Waals surface area (Å²) in [5.41, 5.74) is 3.64. The molecule has 1 heterocycles. The maximum absolute atomic E-state index is 10.9. The second kappa shape index (κ2) is 9.14. The number of hydrogen-bond donors (Lipinski definition) is 1. The van der Waals surface area contributed by atoms with E-state index >= 15 is 0 Å². The Labute approximate surface area is 151 Å². The maximum Gasteiger partial charge on any atom is 0.0945 e. The summed E-state index contributed by atoms with van der Waals surface area (Å²) < 4.78 is 5.32. The van der Waals surface area contributed by atoms with Crippen LogP contribution >= 0.6 is 0 Å². The summed E-state index contributed by atoms with van der Waals surface area (Å²) in [4.78, 5) is 2.48. The first-order chi connectivity index (χ1) is 12.3. The van der Waals surface area contributed by atoms with Crippen molar-refractivity contribution in [3.63, 3.8) is 0 Å². The zero-order chi connectivity index (χ0) is 17.5. The van der Waals surface area contributed by atoms with Crippen LogP contribution in [0.15, 0.2) is 54.6 Å². The Balaban J connectivity index is 1.68. The van der Waals surface area contributed by atoms with E-state index < -0.39 is 6.10 Å². The molecule has 1 aliphatic heterocycles. The van der Waals surface area contributed by atoms with Gasteiger partial charge in [-0.25, -0.2) is 0 Å². The molecular weight excluding hydrogens is 310 g/mol. The van der Waals surface area contributed by atoms with Gasteiger partial charge in [0.2, 0.25) is 0 Å². The molecule has 25 heavy (non-hydrogen) atoms. The smallest absolute Gasteiger partial charge is 0.0945 e. The number of aliphatic hydroxyl groups is 1. The standard InChI is InChI=1S/C22H29NO2/c1-25-17-20-12-6-5-9-18(20)14-16-23-15-8-7-13-21(23)22(24)19-10-3-2-4-11-19/h2-6,9-12,21-22,24H,7-8,13-17H2,1H3/t21-,22+/m0/s1. The quantitative estimate of drug-likeness (QED) is 0.829. The first-order valence-electron chi connectivity index (χ1n) is 9.32. The minimum absolute atomic E-state index is 0.214. The lowest BCUT2D eigenvalue weighted by Gasteiger charge is -2.38. The van der Waals surface area contributed by atoms with Crippen LogP contribution in [0.3, 0.4) is 0 Å². The third kappa shape index (κ3) is 4.69. The Morgan fingerprint density at radius 2 is 1.76 bits per heavy atom. The maximum atomic E-state index is 10.9. The van der Waals surface area contributed by atoms with Crippen molar-refractivity contribution in [3.8, 4) is 0 Å². The van der Waals surface area contributed by atoms with Gasteiger partial charge in [-0.15, -0.1) is 0 Å². The highest BCUT2D eigenvalue weighted by Gasteiger charge is 2.29. The molecule has 3 rings (SSSR count). The van der Waals surface area contributed by atoms with Gasteiger partial charge in [0.1, 0.15) is 0 Å². The van der Waals surface area contributed by atoms with E-state index in [-0.39, 0.29) is 6.04 Å². The van der Waals surface area contributed by atoms with E-state index in [0.717, 1.165) is 31.5 Å². The molecule has 1 fully saturated rings. The van der Waals surface area contributed by atoms with Crippen LogP contribution < -0.4 is 0 Å². The molecule has 0 bridgehead atoms. The second-order valence-corrected chi connectivity index (χ2v) is 6.91. The molecule has 1 aliphatic rings. The van der Waals surface area contributed by atoms with E-state index in [1.54, 1.807) is 7.11 Å². The number of ether oxygens (including phenoxy) is 1. The van der Waals surface area contributed by atoms with Crippen molar-refractivity contribution in [2.45, 2.75) is 44.4 Å². The minimum atomic E-state index is -0.407. The number of likely N-dealkylation sites (tertiary alicyclic amines) is 1. The molecule has 134 valence electrons. The summed E-state index contributed by atoms with van der Waals surface area (Å²) >= 11 is 0. The Kier molecular flexibility index (Phi) is 6.62. The first-order valence-corrected chi connectivity index (χ1v) is 9.32. The third-order valence-electron chi connectivity index (χ3n) is 5.26. The number of methoxy groups -OCH3 is 1. The highest BCUT2D eigenvalue weighted by molar-refractivity contribution is 5.27. The SMILES string of the molecule is COCc1ccccc1CCN1CCCC[C@H]1[C@H](O)c1ccccc1. The molecule has 0 radical (unpaired) electrons. The van der Waals surface area contributed by atoms with Crippen LogP contribution in [0.4, 0.5) is 0 Å². The van der Waals surface area contributed by atoms with Crippen molar-refractivity contribution in [2.24, 2.45) is 0 Å². The lowest BCUT2D eigenvalue weighted by molar-refractivity contribution is 0.0255. The zero-order valence-electron chi connectivity index (χ0n) is 15.1. The van der Waals surface area contributed by atoms with E-state index in [4.69, 9.17) is 4.74 Å². The van der Waals surface area contributed by atoms with Crippen molar-refractivity contribution in [3.05, 3.63) is 71.3 Å². The van der Waals surface area contributed by atoms with E-state index in [9.17, 15) is 5.11 Å². The van der Waals surface area contributed by atoms with Crippen molar-refractivity contribution in [1.82, 2.24) is 4.90 Å². The van der Waals surface area contributed by atoms with Crippen molar-refractivity contribution in [2.75, 3.05) is 20.2 Å². The number of benzene rings is 2. The number of hydrogen-bond acceptors (Lipinski definition) is 3. The van der Waals surface area contributed by atoms with Crippen LogP contribution in [0, 0.1) is 0 Å². The molecule has 0 amide bonds. The largest absolute Gasteiger partial charge is 0.387 e. The van der Waals surface area contributed by atoms with Crippen molar-refractivity contribution in [1.29, 1.82) is 0 Å². The zero-order valence-corrected chi connectivity index (χ0v) is 15.1. The lowest BCUT2D eigenvalue weighted by atomic mass is 9.92. The molecule has 1 saturated heterocycles. The van der Waals surface area contributed by atoms with Crippen molar-refractivity contribution >= 4 is 0 Å². The van der Waals surface area contributed by atoms with Gasteiger partial charge in [-0.1, -0.05) is 61.0 Å². The highest BCUT2D eigenvalue weighted by Crippen LogP contribution is 2.29. The van der Waals surface area contributed by atoms with Crippen LogP contribution in [0.25, 0.3) is 0 Å². The van der Waals surface area contributed by atoms with Gasteiger partial charge in [-0.05, 0) is 42.5 Å². The molecule has 0 unspecified atom stereocenters. The van der Waals surface area contributed by atoms with Crippen LogP contribution in [-0.4, -0.2) is 36.2 Å². The van der Waals surface area contributed by atoms with Gasteiger partial charge in [0.25, 0.3) is 0 Å². The normalized spacial score (nSPS) is 19.7. The third-order valence-corrected chi connectivity index (χ3v) is 5.26. The van der Waals surface area contributed by atoms with Crippen LogP contribution in [-0.2, 0) is 17.8 Å². The van der Waals surface area contributed by atoms with Crippen LogP contribution in [0.5, 0.6) is 0 Å². The van der Waals surface area contributed by atoms with Gasteiger partial charge in [0, 0.05) is 19.7 Å². The number of piperidine rings is 1. The Morgan fingerprint density at radius 3 is 2.52 bits per heavy atom.